The molecule has 0 spiro atoms. The summed E-state index contributed by atoms with van der Waals surface area (Å²) in [6.45, 7) is 14.7. The van der Waals surface area contributed by atoms with Crippen LogP contribution in [-0.4, -0.2) is 12.6 Å². The lowest BCUT2D eigenvalue weighted by Gasteiger charge is -2.25. The summed E-state index contributed by atoms with van der Waals surface area (Å²) in [6, 6.07) is 0. The highest BCUT2D eigenvalue weighted by Crippen LogP contribution is 2.11. The molecule has 0 saturated carbocycles. The Kier molecular flexibility index (Phi) is 20.2. The van der Waals surface area contributed by atoms with Gasteiger partial charge < -0.3 is 5.32 Å². The first-order chi connectivity index (χ1) is 5.68. The van der Waals surface area contributed by atoms with Gasteiger partial charge in [0.15, 0.2) is 0 Å². The zero-order valence-corrected chi connectivity index (χ0v) is 10.4. The Morgan fingerprint density at radius 3 is 1.17 bits per heavy atom. The summed E-state index contributed by atoms with van der Waals surface area (Å²) < 4.78 is 0. The van der Waals surface area contributed by atoms with Gasteiger partial charge in [0.25, 0.3) is 0 Å². The molecule has 0 aromatic rings. The molecule has 12 heavy (non-hydrogen) atoms. The minimum absolute atomic E-state index is 0.375. The first-order valence-electron chi connectivity index (χ1n) is 5.37. The third kappa shape index (κ3) is 9.96. The lowest BCUT2D eigenvalue weighted by atomic mass is 9.96. The smallest absolute Gasteiger partial charge is 0.0145 e. The van der Waals surface area contributed by atoms with Crippen LogP contribution in [0.15, 0.2) is 0 Å². The predicted molar refractivity (Wildman–Crippen MR) is 60.7 cm³/mol. The van der Waals surface area contributed by atoms with Gasteiger partial charge in [-0.2, -0.15) is 0 Å². The van der Waals surface area contributed by atoms with Crippen molar-refractivity contribution in [3.05, 3.63) is 0 Å². The summed E-state index contributed by atoms with van der Waals surface area (Å²) >= 11 is 0. The molecule has 0 bridgehead atoms. The van der Waals surface area contributed by atoms with Crippen molar-refractivity contribution in [2.75, 3.05) is 7.05 Å². The average Bonchev–Trinajstić information content (AvgIpc) is 2.22. The van der Waals surface area contributed by atoms with Crippen molar-refractivity contribution >= 4 is 0 Å². The van der Waals surface area contributed by atoms with E-state index < -0.39 is 0 Å². The van der Waals surface area contributed by atoms with Gasteiger partial charge in [-0.25, -0.2) is 0 Å². The Bertz CT molecular complexity index is 47.8. The maximum Gasteiger partial charge on any atom is 0.0145 e. The zero-order valence-electron chi connectivity index (χ0n) is 10.4. The van der Waals surface area contributed by atoms with Crippen molar-refractivity contribution in [1.82, 2.24) is 5.32 Å². The highest BCUT2D eigenvalue weighted by molar-refractivity contribution is 4.76. The molecule has 0 amide bonds. The third-order valence-electron chi connectivity index (χ3n) is 2.16. The van der Waals surface area contributed by atoms with Crippen molar-refractivity contribution in [3.8, 4) is 0 Å². The lowest BCUT2D eigenvalue weighted by molar-refractivity contribution is 0.359. The van der Waals surface area contributed by atoms with E-state index in [9.17, 15) is 0 Å². The van der Waals surface area contributed by atoms with E-state index in [4.69, 9.17) is 0 Å². The molecule has 0 aliphatic rings. The van der Waals surface area contributed by atoms with Gasteiger partial charge in [-0.15, -0.1) is 0 Å². The van der Waals surface area contributed by atoms with E-state index in [0.29, 0.717) is 5.54 Å². The van der Waals surface area contributed by atoms with Gasteiger partial charge >= 0.3 is 0 Å². The number of nitrogens with one attached hydrogen (secondary N) is 1. The van der Waals surface area contributed by atoms with Gasteiger partial charge in [-0.05, 0) is 26.8 Å². The number of hydrogen-bond donors (Lipinski definition) is 1. The Hall–Kier alpha value is -0.0400. The molecule has 0 atom stereocenters. The molecular formula is C11H29N. The molecule has 0 aliphatic carbocycles. The van der Waals surface area contributed by atoms with Crippen molar-refractivity contribution in [2.24, 2.45) is 0 Å². The quantitative estimate of drug-likeness (QED) is 0.687. The molecular weight excluding hydrogens is 146 g/mol. The van der Waals surface area contributed by atoms with E-state index in [2.05, 4.69) is 26.1 Å². The van der Waals surface area contributed by atoms with Crippen LogP contribution in [0, 0.1) is 0 Å². The zero-order chi connectivity index (χ0) is 10.6. The fourth-order valence-corrected chi connectivity index (χ4v) is 0.604. The minimum Gasteiger partial charge on any atom is -0.315 e. The van der Waals surface area contributed by atoms with Gasteiger partial charge in [0.2, 0.25) is 0 Å². The predicted octanol–water partition coefficient (Wildman–Crippen LogP) is 3.84. The summed E-state index contributed by atoms with van der Waals surface area (Å²) in [6.07, 6.45) is 2.42. The fraction of sp³-hybridized carbons (Fsp3) is 1.00. The van der Waals surface area contributed by atoms with Crippen LogP contribution < -0.4 is 5.32 Å². The first-order valence-corrected chi connectivity index (χ1v) is 5.37. The molecule has 0 aromatic heterocycles. The molecule has 1 N–H and O–H groups in total. The van der Waals surface area contributed by atoms with E-state index >= 15 is 0 Å². The Labute approximate surface area is 80.0 Å². The molecule has 1 heteroatoms. The molecule has 0 unspecified atom stereocenters. The van der Waals surface area contributed by atoms with Gasteiger partial charge in [0, 0.05) is 5.54 Å². The van der Waals surface area contributed by atoms with Gasteiger partial charge in [-0.1, -0.05) is 41.5 Å². The van der Waals surface area contributed by atoms with E-state index in [0.717, 1.165) is 0 Å². The summed E-state index contributed by atoms with van der Waals surface area (Å²) in [5.74, 6) is 0. The van der Waals surface area contributed by atoms with E-state index in [1.54, 1.807) is 0 Å². The molecule has 0 heterocycles. The molecule has 78 valence electrons. The summed E-state index contributed by atoms with van der Waals surface area (Å²) in [5, 5.41) is 3.28. The minimum atomic E-state index is 0.375. The molecule has 0 aromatic carbocycles. The van der Waals surface area contributed by atoms with Gasteiger partial charge in [0.1, 0.15) is 0 Å². The highest BCUT2D eigenvalue weighted by atomic mass is 14.9. The van der Waals surface area contributed by atoms with Crippen LogP contribution in [0.1, 0.15) is 61.3 Å². The van der Waals surface area contributed by atoms with Crippen molar-refractivity contribution in [1.29, 1.82) is 0 Å². The van der Waals surface area contributed by atoms with Gasteiger partial charge in [0.05, 0.1) is 0 Å². The second-order valence-electron chi connectivity index (χ2n) is 2.52. The topological polar surface area (TPSA) is 12.0 Å². The molecule has 0 radical (unpaired) electrons. The maximum absolute atomic E-state index is 3.28. The van der Waals surface area contributed by atoms with Crippen molar-refractivity contribution in [2.45, 2.75) is 66.8 Å². The van der Waals surface area contributed by atoms with Crippen LogP contribution >= 0.6 is 0 Å². The molecule has 0 aliphatic heterocycles. The third-order valence-corrected chi connectivity index (χ3v) is 2.16. The number of hydrogen-bond acceptors (Lipinski definition) is 1. The summed E-state index contributed by atoms with van der Waals surface area (Å²) in [7, 11) is 2.02. The normalized spacial score (nSPS) is 9.00. The number of rotatable bonds is 3. The first kappa shape index (κ1) is 17.9. The molecule has 0 saturated heterocycles. The van der Waals surface area contributed by atoms with Crippen LogP contribution in [0.2, 0.25) is 0 Å². The molecule has 0 fully saturated rings. The van der Waals surface area contributed by atoms with Crippen LogP contribution in [0.3, 0.4) is 0 Å². The Morgan fingerprint density at radius 1 is 0.917 bits per heavy atom. The van der Waals surface area contributed by atoms with Crippen molar-refractivity contribution < 1.29 is 0 Å². The van der Waals surface area contributed by atoms with Crippen LogP contribution in [-0.2, 0) is 0 Å². The van der Waals surface area contributed by atoms with Gasteiger partial charge in [-0.3, -0.25) is 0 Å². The van der Waals surface area contributed by atoms with E-state index in [-0.39, 0.29) is 0 Å². The standard InChI is InChI=1S/C7H17N.2C2H6/c1-5-7(3,6-2)8-4;2*1-2/h8H,5-6H2,1-4H3;2*1-2H3. The summed E-state index contributed by atoms with van der Waals surface area (Å²) in [4.78, 5) is 0. The van der Waals surface area contributed by atoms with E-state index in [1.807, 2.05) is 34.7 Å². The maximum atomic E-state index is 3.28. The highest BCUT2D eigenvalue weighted by Gasteiger charge is 2.14. The molecule has 0 rings (SSSR count). The van der Waals surface area contributed by atoms with E-state index in [1.165, 1.54) is 12.8 Å². The monoisotopic (exact) mass is 175 g/mol. The molecule has 1 nitrogen and oxygen atoms in total. The summed E-state index contributed by atoms with van der Waals surface area (Å²) in [5.41, 5.74) is 0.375. The second kappa shape index (κ2) is 13.5. The lowest BCUT2D eigenvalue weighted by Crippen LogP contribution is -2.37. The largest absolute Gasteiger partial charge is 0.315 e. The second-order valence-corrected chi connectivity index (χ2v) is 2.52. The van der Waals surface area contributed by atoms with Crippen LogP contribution in [0.4, 0.5) is 0 Å². The SMILES string of the molecule is CC.CC.CCC(C)(CC)NC. The Balaban J connectivity index is -0.000000175. The Morgan fingerprint density at radius 2 is 1.17 bits per heavy atom. The van der Waals surface area contributed by atoms with Crippen LogP contribution in [0.5, 0.6) is 0 Å². The fourth-order valence-electron chi connectivity index (χ4n) is 0.604. The van der Waals surface area contributed by atoms with Crippen molar-refractivity contribution in [3.63, 3.8) is 0 Å². The van der Waals surface area contributed by atoms with Crippen LogP contribution in [0.25, 0.3) is 0 Å². The average molecular weight is 175 g/mol.